The summed E-state index contributed by atoms with van der Waals surface area (Å²) in [5.41, 5.74) is 9.19. The number of rotatable bonds is 3. The Hall–Kier alpha value is -2.20. The van der Waals surface area contributed by atoms with Gasteiger partial charge in [0.05, 0.1) is 18.1 Å². The smallest absolute Gasteiger partial charge is 0.160 e. The second kappa shape index (κ2) is 6.06. The van der Waals surface area contributed by atoms with Crippen LogP contribution in [0.25, 0.3) is 5.70 Å². The third kappa shape index (κ3) is 3.11. The van der Waals surface area contributed by atoms with E-state index in [-0.39, 0.29) is 5.25 Å². The molecule has 0 fully saturated rings. The SMILES string of the molecule is COc1ccc([C@H]2C=C(c3ccccc3)N=C(N)S2)cc1. The van der Waals surface area contributed by atoms with Crippen LogP contribution in [0.1, 0.15) is 16.4 Å². The maximum Gasteiger partial charge on any atom is 0.160 e. The molecule has 0 aromatic heterocycles. The number of nitrogens with two attached hydrogens (primary N) is 1. The summed E-state index contributed by atoms with van der Waals surface area (Å²) < 4.78 is 5.20. The summed E-state index contributed by atoms with van der Waals surface area (Å²) in [4.78, 5) is 4.46. The molecule has 0 saturated carbocycles. The van der Waals surface area contributed by atoms with E-state index in [0.29, 0.717) is 5.17 Å². The number of hydrogen-bond donors (Lipinski definition) is 1. The van der Waals surface area contributed by atoms with Gasteiger partial charge >= 0.3 is 0 Å². The fourth-order valence-corrected chi connectivity index (χ4v) is 3.12. The first-order valence-corrected chi connectivity index (χ1v) is 7.56. The van der Waals surface area contributed by atoms with Crippen LogP contribution in [0, 0.1) is 0 Å². The van der Waals surface area contributed by atoms with Crippen LogP contribution in [-0.4, -0.2) is 12.3 Å². The molecule has 0 amide bonds. The van der Waals surface area contributed by atoms with Gasteiger partial charge in [0, 0.05) is 0 Å². The number of thioether (sulfide) groups is 1. The maximum atomic E-state index is 5.99. The van der Waals surface area contributed by atoms with E-state index in [4.69, 9.17) is 10.5 Å². The first kappa shape index (κ1) is 13.8. The van der Waals surface area contributed by atoms with Gasteiger partial charge in [0.1, 0.15) is 5.75 Å². The number of ether oxygens (including phenoxy) is 1. The van der Waals surface area contributed by atoms with E-state index in [1.165, 1.54) is 5.56 Å². The predicted molar refractivity (Wildman–Crippen MR) is 89.4 cm³/mol. The molecule has 2 aromatic rings. The molecule has 0 saturated heterocycles. The van der Waals surface area contributed by atoms with Crippen molar-refractivity contribution in [1.29, 1.82) is 0 Å². The number of methoxy groups -OCH3 is 1. The van der Waals surface area contributed by atoms with Crippen LogP contribution in [-0.2, 0) is 0 Å². The molecule has 2 N–H and O–H groups in total. The van der Waals surface area contributed by atoms with Gasteiger partial charge in [-0.25, -0.2) is 4.99 Å². The van der Waals surface area contributed by atoms with Crippen LogP contribution in [0.15, 0.2) is 65.7 Å². The zero-order valence-electron chi connectivity index (χ0n) is 11.7. The molecule has 0 bridgehead atoms. The molecule has 1 aliphatic heterocycles. The minimum absolute atomic E-state index is 0.170. The highest BCUT2D eigenvalue weighted by Gasteiger charge is 2.18. The number of aliphatic imine (C=N–C) groups is 1. The molecule has 1 atom stereocenters. The van der Waals surface area contributed by atoms with Crippen molar-refractivity contribution in [1.82, 2.24) is 0 Å². The lowest BCUT2D eigenvalue weighted by atomic mass is 10.1. The second-order valence-electron chi connectivity index (χ2n) is 4.68. The molecule has 0 aliphatic carbocycles. The van der Waals surface area contributed by atoms with Crippen molar-refractivity contribution in [3.63, 3.8) is 0 Å². The molecule has 21 heavy (non-hydrogen) atoms. The van der Waals surface area contributed by atoms with Gasteiger partial charge in [-0.2, -0.15) is 0 Å². The van der Waals surface area contributed by atoms with Gasteiger partial charge in [-0.15, -0.1) is 0 Å². The van der Waals surface area contributed by atoms with Gasteiger partial charge in [-0.3, -0.25) is 0 Å². The van der Waals surface area contributed by atoms with Crippen molar-refractivity contribution < 1.29 is 4.74 Å². The van der Waals surface area contributed by atoms with Gasteiger partial charge in [0.15, 0.2) is 5.17 Å². The lowest BCUT2D eigenvalue weighted by Crippen LogP contribution is -2.12. The van der Waals surface area contributed by atoms with Crippen LogP contribution in [0.5, 0.6) is 5.75 Å². The second-order valence-corrected chi connectivity index (χ2v) is 5.84. The fraction of sp³-hybridized carbons (Fsp3) is 0.118. The van der Waals surface area contributed by atoms with Crippen LogP contribution < -0.4 is 10.5 Å². The monoisotopic (exact) mass is 296 g/mol. The Morgan fingerprint density at radius 2 is 1.76 bits per heavy atom. The van der Waals surface area contributed by atoms with Gasteiger partial charge < -0.3 is 10.5 Å². The molecule has 1 heterocycles. The summed E-state index contributed by atoms with van der Waals surface area (Å²) >= 11 is 1.56. The van der Waals surface area contributed by atoms with Crippen molar-refractivity contribution >= 4 is 22.6 Å². The topological polar surface area (TPSA) is 47.6 Å². The third-order valence-electron chi connectivity index (χ3n) is 3.30. The fourth-order valence-electron chi connectivity index (χ4n) is 2.22. The molecule has 0 spiro atoms. The number of amidine groups is 1. The zero-order valence-corrected chi connectivity index (χ0v) is 12.5. The highest BCUT2D eigenvalue weighted by atomic mass is 32.2. The molecule has 0 radical (unpaired) electrons. The van der Waals surface area contributed by atoms with E-state index in [1.54, 1.807) is 18.9 Å². The van der Waals surface area contributed by atoms with Crippen molar-refractivity contribution in [3.8, 4) is 5.75 Å². The minimum atomic E-state index is 0.170. The normalized spacial score (nSPS) is 17.9. The van der Waals surface area contributed by atoms with Gasteiger partial charge in [-0.05, 0) is 29.3 Å². The summed E-state index contributed by atoms with van der Waals surface area (Å²) in [6.07, 6.45) is 2.15. The number of hydrogen-bond acceptors (Lipinski definition) is 4. The molecule has 0 unspecified atom stereocenters. The van der Waals surface area contributed by atoms with Crippen molar-refractivity contribution in [2.45, 2.75) is 5.25 Å². The summed E-state index contributed by atoms with van der Waals surface area (Å²) in [5.74, 6) is 0.855. The molecular weight excluding hydrogens is 280 g/mol. The largest absolute Gasteiger partial charge is 0.497 e. The Morgan fingerprint density at radius 1 is 1.05 bits per heavy atom. The first-order chi connectivity index (χ1) is 10.3. The number of benzene rings is 2. The lowest BCUT2D eigenvalue weighted by Gasteiger charge is -2.19. The molecule has 4 heteroatoms. The Morgan fingerprint density at radius 3 is 2.43 bits per heavy atom. The van der Waals surface area contributed by atoms with E-state index in [1.807, 2.05) is 42.5 Å². The van der Waals surface area contributed by atoms with Gasteiger partial charge in [0.2, 0.25) is 0 Å². The Bertz CT molecular complexity index is 678. The van der Waals surface area contributed by atoms with Crippen LogP contribution >= 0.6 is 11.8 Å². The Labute approximate surface area is 128 Å². The summed E-state index contributed by atoms with van der Waals surface area (Å²) in [7, 11) is 1.67. The minimum Gasteiger partial charge on any atom is -0.497 e. The molecule has 106 valence electrons. The summed E-state index contributed by atoms with van der Waals surface area (Å²) in [6, 6.07) is 18.2. The van der Waals surface area contributed by atoms with Crippen LogP contribution in [0.4, 0.5) is 0 Å². The Balaban J connectivity index is 1.93. The predicted octanol–water partition coefficient (Wildman–Crippen LogP) is 3.84. The summed E-state index contributed by atoms with van der Waals surface area (Å²) in [5, 5.41) is 0.765. The van der Waals surface area contributed by atoms with Crippen molar-refractivity contribution in [2.24, 2.45) is 10.7 Å². The lowest BCUT2D eigenvalue weighted by molar-refractivity contribution is 0.414. The average Bonchev–Trinajstić information content (AvgIpc) is 2.55. The number of nitrogens with zero attached hydrogens (tertiary/aromatic N) is 1. The molecule has 1 aliphatic rings. The van der Waals surface area contributed by atoms with E-state index in [9.17, 15) is 0 Å². The molecule has 2 aromatic carbocycles. The first-order valence-electron chi connectivity index (χ1n) is 6.68. The van der Waals surface area contributed by atoms with E-state index in [2.05, 4.69) is 23.2 Å². The highest BCUT2D eigenvalue weighted by Crippen LogP contribution is 2.38. The van der Waals surface area contributed by atoms with Gasteiger partial charge in [0.25, 0.3) is 0 Å². The zero-order chi connectivity index (χ0) is 14.7. The quantitative estimate of drug-likeness (QED) is 0.936. The molecule has 3 nitrogen and oxygen atoms in total. The van der Waals surface area contributed by atoms with Gasteiger partial charge in [-0.1, -0.05) is 54.2 Å². The molecule has 3 rings (SSSR count). The van der Waals surface area contributed by atoms with Crippen molar-refractivity contribution in [3.05, 3.63) is 71.8 Å². The van der Waals surface area contributed by atoms with E-state index >= 15 is 0 Å². The summed E-state index contributed by atoms with van der Waals surface area (Å²) in [6.45, 7) is 0. The van der Waals surface area contributed by atoms with E-state index in [0.717, 1.165) is 17.0 Å². The van der Waals surface area contributed by atoms with E-state index < -0.39 is 0 Å². The average molecular weight is 296 g/mol. The standard InChI is InChI=1S/C17H16N2OS/c1-20-14-9-7-13(8-10-14)16-11-15(19-17(18)21-16)12-5-3-2-4-6-12/h2-11,16H,1H3,(H2,18,19)/t16-/m1/s1. The Kier molecular flexibility index (Phi) is 3.97. The van der Waals surface area contributed by atoms with Crippen LogP contribution in [0.2, 0.25) is 0 Å². The maximum absolute atomic E-state index is 5.99. The van der Waals surface area contributed by atoms with Crippen LogP contribution in [0.3, 0.4) is 0 Å². The highest BCUT2D eigenvalue weighted by molar-refractivity contribution is 8.14. The van der Waals surface area contributed by atoms with Crippen molar-refractivity contribution in [2.75, 3.05) is 7.11 Å². The third-order valence-corrected chi connectivity index (χ3v) is 4.30. The molecular formula is C17H16N2OS.